The summed E-state index contributed by atoms with van der Waals surface area (Å²) in [6, 6.07) is 0.455. The summed E-state index contributed by atoms with van der Waals surface area (Å²) in [6.45, 7) is 2.42. The van der Waals surface area contributed by atoms with Crippen molar-refractivity contribution in [3.8, 4) is 0 Å². The number of rotatable bonds is 7. The molecule has 1 atom stereocenters. The summed E-state index contributed by atoms with van der Waals surface area (Å²) in [5.74, 6) is 0.944. The fraction of sp³-hybridized carbons (Fsp3) is 0.857. The molecule has 1 amide bonds. The van der Waals surface area contributed by atoms with Gasteiger partial charge in [0.05, 0.1) is 6.10 Å². The largest absolute Gasteiger partial charge is 0.376 e. The first-order chi connectivity index (χ1) is 9.78. The summed E-state index contributed by atoms with van der Waals surface area (Å²) in [5, 5.41) is 9.47. The fourth-order valence-corrected chi connectivity index (χ4v) is 2.22. The van der Waals surface area contributed by atoms with E-state index in [1.807, 2.05) is 0 Å². The number of hydrogen-bond acceptors (Lipinski definition) is 3. The lowest BCUT2D eigenvalue weighted by atomic mass is 10.2. The van der Waals surface area contributed by atoms with Crippen LogP contribution < -0.4 is 16.0 Å². The van der Waals surface area contributed by atoms with Crippen LogP contribution in [0.5, 0.6) is 0 Å². The molecule has 6 heteroatoms. The van der Waals surface area contributed by atoms with Crippen molar-refractivity contribution in [1.82, 2.24) is 16.0 Å². The molecule has 1 saturated carbocycles. The van der Waals surface area contributed by atoms with E-state index in [-0.39, 0.29) is 5.91 Å². The van der Waals surface area contributed by atoms with Gasteiger partial charge in [0.2, 0.25) is 5.91 Å². The Balaban J connectivity index is 1.50. The third-order valence-electron chi connectivity index (χ3n) is 3.56. The number of aliphatic imine (C=N–C) groups is 1. The zero-order valence-electron chi connectivity index (χ0n) is 12.3. The van der Waals surface area contributed by atoms with Gasteiger partial charge in [-0.25, -0.2) is 0 Å². The van der Waals surface area contributed by atoms with E-state index in [9.17, 15) is 4.79 Å². The van der Waals surface area contributed by atoms with Gasteiger partial charge in [-0.3, -0.25) is 9.79 Å². The highest BCUT2D eigenvalue weighted by molar-refractivity contribution is 5.80. The number of carbonyl (C=O) groups excluding carboxylic acids is 1. The molecule has 0 aromatic heterocycles. The molecule has 1 aliphatic carbocycles. The van der Waals surface area contributed by atoms with Gasteiger partial charge in [0.1, 0.15) is 0 Å². The van der Waals surface area contributed by atoms with Gasteiger partial charge in [0.15, 0.2) is 5.96 Å². The molecule has 20 heavy (non-hydrogen) atoms. The minimum atomic E-state index is 0.164. The Kier molecular flexibility index (Phi) is 6.11. The molecule has 0 spiro atoms. The zero-order valence-corrected chi connectivity index (χ0v) is 12.3. The average Bonchev–Trinajstić information content (AvgIpc) is 3.10. The predicted molar refractivity (Wildman–Crippen MR) is 78.7 cm³/mol. The molecule has 3 N–H and O–H groups in total. The van der Waals surface area contributed by atoms with E-state index >= 15 is 0 Å². The second kappa shape index (κ2) is 8.09. The summed E-state index contributed by atoms with van der Waals surface area (Å²) in [6.07, 6.45) is 6.25. The highest BCUT2D eigenvalue weighted by Crippen LogP contribution is 2.18. The van der Waals surface area contributed by atoms with Crippen molar-refractivity contribution in [2.45, 2.75) is 50.7 Å². The first kappa shape index (κ1) is 15.1. The minimum absolute atomic E-state index is 0.164. The highest BCUT2D eigenvalue weighted by Gasteiger charge is 2.22. The first-order valence-electron chi connectivity index (χ1n) is 7.63. The molecule has 6 nitrogen and oxygen atoms in total. The van der Waals surface area contributed by atoms with E-state index < -0.39 is 0 Å². The maximum absolute atomic E-state index is 11.5. The molecule has 2 aliphatic rings. The van der Waals surface area contributed by atoms with Gasteiger partial charge in [-0.05, 0) is 32.1 Å². The Labute approximate surface area is 120 Å². The van der Waals surface area contributed by atoms with Crippen molar-refractivity contribution >= 4 is 11.9 Å². The maximum atomic E-state index is 11.5. The van der Waals surface area contributed by atoms with Crippen LogP contribution in [0.2, 0.25) is 0 Å². The zero-order chi connectivity index (χ0) is 14.2. The summed E-state index contributed by atoms with van der Waals surface area (Å²) in [7, 11) is 1.75. The van der Waals surface area contributed by atoms with Crippen LogP contribution in [0.15, 0.2) is 4.99 Å². The molecule has 0 bridgehead atoms. The summed E-state index contributed by atoms with van der Waals surface area (Å²) >= 11 is 0. The quantitative estimate of drug-likeness (QED) is 0.359. The van der Waals surface area contributed by atoms with Gasteiger partial charge in [-0.1, -0.05) is 0 Å². The Bertz CT molecular complexity index is 336. The van der Waals surface area contributed by atoms with E-state index in [1.54, 1.807) is 7.05 Å². The summed E-state index contributed by atoms with van der Waals surface area (Å²) in [5.41, 5.74) is 0. The van der Waals surface area contributed by atoms with Gasteiger partial charge in [0.25, 0.3) is 0 Å². The van der Waals surface area contributed by atoms with Crippen molar-refractivity contribution in [3.63, 3.8) is 0 Å². The molecule has 0 aromatic carbocycles. The van der Waals surface area contributed by atoms with Crippen LogP contribution in [0.3, 0.4) is 0 Å². The van der Waals surface area contributed by atoms with Crippen molar-refractivity contribution in [2.24, 2.45) is 4.99 Å². The van der Waals surface area contributed by atoms with Crippen molar-refractivity contribution in [3.05, 3.63) is 0 Å². The van der Waals surface area contributed by atoms with E-state index in [0.29, 0.717) is 18.6 Å². The Morgan fingerprint density at radius 1 is 1.30 bits per heavy atom. The molecule has 1 saturated heterocycles. The van der Waals surface area contributed by atoms with Crippen LogP contribution in [-0.4, -0.2) is 50.8 Å². The molecule has 0 radical (unpaired) electrons. The number of nitrogens with zero attached hydrogens (tertiary/aromatic N) is 1. The highest BCUT2D eigenvalue weighted by atomic mass is 16.5. The Hall–Kier alpha value is -1.30. The van der Waals surface area contributed by atoms with Gasteiger partial charge in [-0.2, -0.15) is 0 Å². The van der Waals surface area contributed by atoms with Crippen molar-refractivity contribution < 1.29 is 9.53 Å². The second-order valence-electron chi connectivity index (χ2n) is 5.46. The van der Waals surface area contributed by atoms with Crippen molar-refractivity contribution in [2.75, 3.05) is 26.7 Å². The molecule has 2 fully saturated rings. The van der Waals surface area contributed by atoms with Gasteiger partial charge >= 0.3 is 0 Å². The lowest BCUT2D eigenvalue weighted by molar-refractivity contribution is -0.121. The lowest BCUT2D eigenvalue weighted by Gasteiger charge is -2.14. The molecule has 2 rings (SSSR count). The van der Waals surface area contributed by atoms with E-state index in [4.69, 9.17) is 4.74 Å². The molecule has 114 valence electrons. The van der Waals surface area contributed by atoms with E-state index in [1.165, 1.54) is 0 Å². The molecule has 0 aromatic rings. The normalized spacial score (nSPS) is 22.6. The SMILES string of the molecule is CN=C(NCCCC(=O)NC1CC1)NCC1CCCO1. The van der Waals surface area contributed by atoms with Crippen LogP contribution in [0.25, 0.3) is 0 Å². The fourth-order valence-electron chi connectivity index (χ4n) is 2.22. The molecule has 1 heterocycles. The first-order valence-corrected chi connectivity index (χ1v) is 7.63. The van der Waals surface area contributed by atoms with Crippen LogP contribution in [0, 0.1) is 0 Å². The number of ether oxygens (including phenoxy) is 1. The second-order valence-corrected chi connectivity index (χ2v) is 5.46. The van der Waals surface area contributed by atoms with Gasteiger partial charge < -0.3 is 20.7 Å². The summed E-state index contributed by atoms with van der Waals surface area (Å²) in [4.78, 5) is 15.7. The third kappa shape index (κ3) is 5.77. The predicted octanol–water partition coefficient (Wildman–Crippen LogP) is 0.389. The van der Waals surface area contributed by atoms with Crippen molar-refractivity contribution in [1.29, 1.82) is 0 Å². The van der Waals surface area contributed by atoms with E-state index in [2.05, 4.69) is 20.9 Å². The third-order valence-corrected chi connectivity index (χ3v) is 3.56. The number of guanidine groups is 1. The Morgan fingerprint density at radius 3 is 2.80 bits per heavy atom. The van der Waals surface area contributed by atoms with Crippen LogP contribution in [0.1, 0.15) is 38.5 Å². The molecule has 1 aliphatic heterocycles. The molecular formula is C14H26N4O2. The smallest absolute Gasteiger partial charge is 0.220 e. The van der Waals surface area contributed by atoms with Gasteiger partial charge in [-0.15, -0.1) is 0 Å². The topological polar surface area (TPSA) is 74.8 Å². The number of nitrogens with one attached hydrogen (secondary N) is 3. The number of carbonyl (C=O) groups is 1. The van der Waals surface area contributed by atoms with Crippen LogP contribution in [-0.2, 0) is 9.53 Å². The Morgan fingerprint density at radius 2 is 2.15 bits per heavy atom. The molecule has 1 unspecified atom stereocenters. The minimum Gasteiger partial charge on any atom is -0.376 e. The average molecular weight is 282 g/mol. The monoisotopic (exact) mass is 282 g/mol. The number of hydrogen-bond donors (Lipinski definition) is 3. The standard InChI is InChI=1S/C14H26N4O2/c1-15-14(17-10-12-4-3-9-20-12)16-8-2-5-13(19)18-11-6-7-11/h11-12H,2-10H2,1H3,(H,18,19)(H2,15,16,17). The van der Waals surface area contributed by atoms with Crippen LogP contribution >= 0.6 is 0 Å². The lowest BCUT2D eigenvalue weighted by Crippen LogP contribution is -2.41. The summed E-state index contributed by atoms with van der Waals surface area (Å²) < 4.78 is 5.55. The van der Waals surface area contributed by atoms with E-state index in [0.717, 1.165) is 57.8 Å². The maximum Gasteiger partial charge on any atom is 0.220 e. The number of amides is 1. The molecular weight excluding hydrogens is 256 g/mol. The van der Waals surface area contributed by atoms with Crippen LogP contribution in [0.4, 0.5) is 0 Å². The van der Waals surface area contributed by atoms with Gasteiger partial charge in [0, 0.05) is 39.2 Å².